The van der Waals surface area contributed by atoms with Crippen molar-refractivity contribution in [3.8, 4) is 0 Å². The second kappa shape index (κ2) is 6.96. The SMILES string of the molecule is Cn1cc(C2CC2C(=O)NN=C(c2ccccc2)c2ccccc2)cn1. The van der Waals surface area contributed by atoms with Crippen molar-refractivity contribution in [1.29, 1.82) is 0 Å². The minimum absolute atomic E-state index is 0.0317. The second-order valence-corrected chi connectivity index (χ2v) is 6.56. The molecule has 0 radical (unpaired) electrons. The maximum atomic E-state index is 12.5. The van der Waals surface area contributed by atoms with Gasteiger partial charge in [-0.3, -0.25) is 9.48 Å². The van der Waals surface area contributed by atoms with Gasteiger partial charge < -0.3 is 0 Å². The van der Waals surface area contributed by atoms with Crippen LogP contribution in [0.5, 0.6) is 0 Å². The van der Waals surface area contributed by atoms with E-state index in [1.807, 2.05) is 80.1 Å². The lowest BCUT2D eigenvalue weighted by atomic mass is 10.0. The minimum atomic E-state index is -0.0387. The van der Waals surface area contributed by atoms with Crippen LogP contribution in [0.2, 0.25) is 0 Å². The van der Waals surface area contributed by atoms with Crippen molar-refractivity contribution < 1.29 is 4.79 Å². The Morgan fingerprint density at radius 3 is 2.23 bits per heavy atom. The highest BCUT2D eigenvalue weighted by molar-refractivity contribution is 6.13. The highest BCUT2D eigenvalue weighted by Gasteiger charge is 2.44. The molecular weight excluding hydrogens is 324 g/mol. The number of aryl methyl sites for hydroxylation is 1. The predicted molar refractivity (Wildman–Crippen MR) is 101 cm³/mol. The molecule has 2 aromatic carbocycles. The Labute approximate surface area is 152 Å². The van der Waals surface area contributed by atoms with Crippen LogP contribution < -0.4 is 5.43 Å². The van der Waals surface area contributed by atoms with Gasteiger partial charge in [-0.25, -0.2) is 5.43 Å². The molecule has 1 fully saturated rings. The molecule has 26 heavy (non-hydrogen) atoms. The van der Waals surface area contributed by atoms with Gasteiger partial charge in [0.1, 0.15) is 0 Å². The normalized spacial score (nSPS) is 18.2. The van der Waals surface area contributed by atoms with Crippen molar-refractivity contribution in [2.75, 3.05) is 0 Å². The number of hydrazone groups is 1. The summed E-state index contributed by atoms with van der Waals surface area (Å²) in [4.78, 5) is 12.5. The van der Waals surface area contributed by atoms with Gasteiger partial charge in [-0.1, -0.05) is 60.7 Å². The van der Waals surface area contributed by atoms with Crippen LogP contribution in [0.15, 0.2) is 78.2 Å². The first-order chi connectivity index (χ1) is 12.7. The fourth-order valence-electron chi connectivity index (χ4n) is 3.17. The van der Waals surface area contributed by atoms with E-state index >= 15 is 0 Å². The average molecular weight is 344 g/mol. The van der Waals surface area contributed by atoms with Crippen molar-refractivity contribution in [3.05, 3.63) is 89.7 Å². The number of carbonyl (C=O) groups excluding carboxylic acids is 1. The van der Waals surface area contributed by atoms with Crippen LogP contribution in [-0.2, 0) is 11.8 Å². The molecule has 1 saturated carbocycles. The van der Waals surface area contributed by atoms with Crippen LogP contribution in [0.3, 0.4) is 0 Å². The number of nitrogens with one attached hydrogen (secondary N) is 1. The maximum Gasteiger partial charge on any atom is 0.243 e. The Balaban J connectivity index is 1.52. The van der Waals surface area contributed by atoms with E-state index in [1.54, 1.807) is 4.68 Å². The number of amides is 1. The van der Waals surface area contributed by atoms with Crippen LogP contribution in [0, 0.1) is 5.92 Å². The number of aromatic nitrogens is 2. The molecule has 5 heteroatoms. The summed E-state index contributed by atoms with van der Waals surface area (Å²) < 4.78 is 1.77. The van der Waals surface area contributed by atoms with Gasteiger partial charge in [0.25, 0.3) is 0 Å². The molecule has 4 rings (SSSR count). The molecule has 1 aliphatic carbocycles. The molecule has 0 spiro atoms. The molecule has 2 unspecified atom stereocenters. The fourth-order valence-corrected chi connectivity index (χ4v) is 3.17. The van der Waals surface area contributed by atoms with Gasteiger partial charge in [0, 0.05) is 30.3 Å². The summed E-state index contributed by atoms with van der Waals surface area (Å²) in [7, 11) is 1.89. The first-order valence-electron chi connectivity index (χ1n) is 8.69. The Morgan fingerprint density at radius 1 is 1.08 bits per heavy atom. The summed E-state index contributed by atoms with van der Waals surface area (Å²) in [6.45, 7) is 0. The summed E-state index contributed by atoms with van der Waals surface area (Å²) >= 11 is 0. The smallest absolute Gasteiger partial charge is 0.243 e. The molecule has 3 aromatic rings. The number of carbonyl (C=O) groups is 1. The molecule has 1 heterocycles. The number of rotatable bonds is 5. The van der Waals surface area contributed by atoms with E-state index in [0.717, 1.165) is 28.8 Å². The number of hydrogen-bond acceptors (Lipinski definition) is 3. The Kier molecular flexibility index (Phi) is 4.35. The molecule has 130 valence electrons. The van der Waals surface area contributed by atoms with Crippen LogP contribution in [0.1, 0.15) is 29.0 Å². The highest BCUT2D eigenvalue weighted by Crippen LogP contribution is 2.47. The second-order valence-electron chi connectivity index (χ2n) is 6.56. The molecule has 1 amide bonds. The maximum absolute atomic E-state index is 12.5. The lowest BCUT2D eigenvalue weighted by molar-refractivity contribution is -0.122. The van der Waals surface area contributed by atoms with E-state index in [0.29, 0.717) is 0 Å². The standard InChI is InChI=1S/C21H20N4O/c1-25-14-17(13-22-25)18-12-19(18)21(26)24-23-20(15-8-4-2-5-9-15)16-10-6-3-7-11-16/h2-11,13-14,18-19H,12H2,1H3,(H,24,26). The van der Waals surface area contributed by atoms with E-state index in [1.165, 1.54) is 0 Å². The Morgan fingerprint density at radius 2 is 1.69 bits per heavy atom. The van der Waals surface area contributed by atoms with Crippen LogP contribution in [0.4, 0.5) is 0 Å². The minimum Gasteiger partial charge on any atom is -0.276 e. The van der Waals surface area contributed by atoms with Crippen molar-refractivity contribution in [1.82, 2.24) is 15.2 Å². The lowest BCUT2D eigenvalue weighted by Crippen LogP contribution is -2.22. The number of benzene rings is 2. The molecular formula is C21H20N4O. The predicted octanol–water partition coefficient (Wildman–Crippen LogP) is 3.09. The zero-order valence-corrected chi connectivity index (χ0v) is 14.5. The molecule has 0 bridgehead atoms. The number of nitrogens with zero attached hydrogens (tertiary/aromatic N) is 3. The van der Waals surface area contributed by atoms with Gasteiger partial charge in [-0.05, 0) is 17.9 Å². The highest BCUT2D eigenvalue weighted by atomic mass is 16.2. The van der Waals surface area contributed by atoms with Crippen molar-refractivity contribution in [2.24, 2.45) is 18.1 Å². The van der Waals surface area contributed by atoms with Gasteiger partial charge in [0.2, 0.25) is 5.91 Å². The van der Waals surface area contributed by atoms with Crippen LogP contribution in [-0.4, -0.2) is 21.4 Å². The zero-order valence-electron chi connectivity index (χ0n) is 14.5. The van der Waals surface area contributed by atoms with E-state index in [9.17, 15) is 4.79 Å². The van der Waals surface area contributed by atoms with Gasteiger partial charge in [0.15, 0.2) is 0 Å². The van der Waals surface area contributed by atoms with E-state index in [4.69, 9.17) is 0 Å². The Hall–Kier alpha value is -3.21. The van der Waals surface area contributed by atoms with Gasteiger partial charge in [-0.15, -0.1) is 0 Å². The summed E-state index contributed by atoms with van der Waals surface area (Å²) in [6.07, 6.45) is 4.65. The van der Waals surface area contributed by atoms with Gasteiger partial charge in [-0.2, -0.15) is 10.2 Å². The molecule has 1 aliphatic rings. The molecule has 0 aliphatic heterocycles. The third-order valence-electron chi connectivity index (χ3n) is 4.65. The van der Waals surface area contributed by atoms with Gasteiger partial charge >= 0.3 is 0 Å². The van der Waals surface area contributed by atoms with Crippen LogP contribution >= 0.6 is 0 Å². The molecule has 2 atom stereocenters. The molecule has 5 nitrogen and oxygen atoms in total. The van der Waals surface area contributed by atoms with Gasteiger partial charge in [0.05, 0.1) is 11.9 Å². The third kappa shape index (κ3) is 3.42. The first kappa shape index (κ1) is 16.3. The largest absolute Gasteiger partial charge is 0.276 e. The molecule has 1 N–H and O–H groups in total. The van der Waals surface area contributed by atoms with Crippen LogP contribution in [0.25, 0.3) is 0 Å². The fraction of sp³-hybridized carbons (Fsp3) is 0.190. The zero-order chi connectivity index (χ0) is 17.9. The molecule has 1 aromatic heterocycles. The Bertz CT molecular complexity index is 889. The summed E-state index contributed by atoms with van der Waals surface area (Å²) in [5.74, 6) is 0.176. The van der Waals surface area contributed by atoms with E-state index in [-0.39, 0.29) is 17.7 Å². The first-order valence-corrected chi connectivity index (χ1v) is 8.69. The van der Waals surface area contributed by atoms with Crippen molar-refractivity contribution >= 4 is 11.6 Å². The molecule has 0 saturated heterocycles. The van der Waals surface area contributed by atoms with E-state index < -0.39 is 0 Å². The topological polar surface area (TPSA) is 59.3 Å². The van der Waals surface area contributed by atoms with Crippen molar-refractivity contribution in [3.63, 3.8) is 0 Å². The quantitative estimate of drug-likeness (QED) is 0.571. The summed E-state index contributed by atoms with van der Waals surface area (Å²) in [5, 5.41) is 8.64. The number of hydrogen-bond donors (Lipinski definition) is 1. The van der Waals surface area contributed by atoms with E-state index in [2.05, 4.69) is 15.6 Å². The monoisotopic (exact) mass is 344 g/mol. The van der Waals surface area contributed by atoms with Crippen molar-refractivity contribution in [2.45, 2.75) is 12.3 Å². The summed E-state index contributed by atoms with van der Waals surface area (Å²) in [5.41, 5.74) is 6.59. The third-order valence-corrected chi connectivity index (χ3v) is 4.65. The average Bonchev–Trinajstić information content (AvgIpc) is 3.37. The lowest BCUT2D eigenvalue weighted by Gasteiger charge is -2.08. The summed E-state index contributed by atoms with van der Waals surface area (Å²) in [6, 6.07) is 19.8.